The molecular weight excluding hydrogens is 214 g/mol. The van der Waals surface area contributed by atoms with Crippen LogP contribution in [0, 0.1) is 5.92 Å². The van der Waals surface area contributed by atoms with Crippen LogP contribution in [0.25, 0.3) is 0 Å². The van der Waals surface area contributed by atoms with Crippen molar-refractivity contribution in [2.24, 2.45) is 11.7 Å². The standard InChI is InChI=1S/C11H21NO2.ClH/c1-2-3-7-11(12,10(13)14)8-9-5-4-6-9;/h9H,2-8,12H2,1H3,(H,13,14);1H/t11-;/m0./s1. The number of rotatable bonds is 6. The highest BCUT2D eigenvalue weighted by atomic mass is 35.5. The molecule has 0 heterocycles. The minimum absolute atomic E-state index is 0. The predicted molar refractivity (Wildman–Crippen MR) is 63.3 cm³/mol. The van der Waals surface area contributed by atoms with Crippen molar-refractivity contribution >= 4 is 18.4 Å². The largest absolute Gasteiger partial charge is 0.480 e. The molecule has 0 bridgehead atoms. The summed E-state index contributed by atoms with van der Waals surface area (Å²) in [4.78, 5) is 11.1. The van der Waals surface area contributed by atoms with Crippen LogP contribution in [-0.2, 0) is 4.79 Å². The predicted octanol–water partition coefficient (Wildman–Crippen LogP) is 2.57. The molecule has 0 saturated heterocycles. The Kier molecular flexibility index (Phi) is 6.22. The molecule has 0 amide bonds. The summed E-state index contributed by atoms with van der Waals surface area (Å²) >= 11 is 0. The van der Waals surface area contributed by atoms with E-state index in [0.29, 0.717) is 18.8 Å². The van der Waals surface area contributed by atoms with Gasteiger partial charge in [-0.3, -0.25) is 4.79 Å². The summed E-state index contributed by atoms with van der Waals surface area (Å²) in [7, 11) is 0. The average Bonchev–Trinajstić information content (AvgIpc) is 2.08. The first-order chi connectivity index (χ1) is 6.58. The third-order valence-electron chi connectivity index (χ3n) is 3.28. The van der Waals surface area contributed by atoms with Crippen molar-refractivity contribution in [2.75, 3.05) is 0 Å². The number of nitrogens with two attached hydrogens (primary N) is 1. The molecule has 1 saturated carbocycles. The quantitative estimate of drug-likeness (QED) is 0.744. The van der Waals surface area contributed by atoms with E-state index < -0.39 is 11.5 Å². The van der Waals surface area contributed by atoms with Gasteiger partial charge in [-0.2, -0.15) is 0 Å². The minimum Gasteiger partial charge on any atom is -0.480 e. The number of aliphatic carboxylic acids is 1. The van der Waals surface area contributed by atoms with Crippen LogP contribution >= 0.6 is 12.4 Å². The first-order valence-electron chi connectivity index (χ1n) is 5.61. The van der Waals surface area contributed by atoms with Crippen molar-refractivity contribution in [1.29, 1.82) is 0 Å². The van der Waals surface area contributed by atoms with Gasteiger partial charge in [0.25, 0.3) is 0 Å². The van der Waals surface area contributed by atoms with Crippen LogP contribution in [-0.4, -0.2) is 16.6 Å². The summed E-state index contributed by atoms with van der Waals surface area (Å²) in [6, 6.07) is 0. The fourth-order valence-electron chi connectivity index (χ4n) is 2.00. The van der Waals surface area contributed by atoms with Crippen LogP contribution in [0.5, 0.6) is 0 Å². The Bertz CT molecular complexity index is 207. The van der Waals surface area contributed by atoms with Crippen LogP contribution < -0.4 is 5.73 Å². The molecule has 0 aromatic heterocycles. The maximum atomic E-state index is 11.1. The molecule has 1 fully saturated rings. The van der Waals surface area contributed by atoms with Gasteiger partial charge in [0.05, 0.1) is 0 Å². The van der Waals surface area contributed by atoms with Crippen LogP contribution in [0.3, 0.4) is 0 Å². The topological polar surface area (TPSA) is 63.3 Å². The number of halogens is 1. The van der Waals surface area contributed by atoms with E-state index in [9.17, 15) is 4.79 Å². The van der Waals surface area contributed by atoms with Gasteiger partial charge >= 0.3 is 5.97 Å². The highest BCUT2D eigenvalue weighted by Gasteiger charge is 2.37. The summed E-state index contributed by atoms with van der Waals surface area (Å²) in [6.07, 6.45) is 6.79. The SMILES string of the molecule is CCCC[C@](N)(CC1CCC1)C(=O)O.Cl. The lowest BCUT2D eigenvalue weighted by Crippen LogP contribution is -2.50. The summed E-state index contributed by atoms with van der Waals surface area (Å²) in [5.41, 5.74) is 4.98. The molecule has 0 aromatic carbocycles. The monoisotopic (exact) mass is 235 g/mol. The molecule has 0 aliphatic heterocycles. The first-order valence-corrected chi connectivity index (χ1v) is 5.61. The number of carboxylic acid groups (broad SMARTS) is 1. The number of hydrogen-bond donors (Lipinski definition) is 2. The molecule has 15 heavy (non-hydrogen) atoms. The van der Waals surface area contributed by atoms with Gasteiger partial charge in [0.2, 0.25) is 0 Å². The highest BCUT2D eigenvalue weighted by Crippen LogP contribution is 2.34. The van der Waals surface area contributed by atoms with Crippen LogP contribution in [0.15, 0.2) is 0 Å². The Morgan fingerprint density at radius 2 is 2.13 bits per heavy atom. The normalized spacial score (nSPS) is 19.9. The lowest BCUT2D eigenvalue weighted by Gasteiger charge is -2.34. The number of carboxylic acids is 1. The van der Waals surface area contributed by atoms with Gasteiger partial charge < -0.3 is 10.8 Å². The zero-order valence-electron chi connectivity index (χ0n) is 9.37. The zero-order valence-corrected chi connectivity index (χ0v) is 10.2. The molecule has 3 nitrogen and oxygen atoms in total. The third-order valence-corrected chi connectivity index (χ3v) is 3.28. The Hall–Kier alpha value is -0.280. The van der Waals surface area contributed by atoms with E-state index in [1.54, 1.807) is 0 Å². The molecule has 1 atom stereocenters. The van der Waals surface area contributed by atoms with Gasteiger partial charge in [-0.15, -0.1) is 12.4 Å². The van der Waals surface area contributed by atoms with Gasteiger partial charge in [-0.1, -0.05) is 39.0 Å². The lowest BCUT2D eigenvalue weighted by molar-refractivity contribution is -0.144. The van der Waals surface area contributed by atoms with Crippen molar-refractivity contribution in [2.45, 2.75) is 57.4 Å². The van der Waals surface area contributed by atoms with Crippen LogP contribution in [0.1, 0.15) is 51.9 Å². The van der Waals surface area contributed by atoms with Crippen LogP contribution in [0.4, 0.5) is 0 Å². The maximum absolute atomic E-state index is 11.1. The Balaban J connectivity index is 0.00000196. The average molecular weight is 236 g/mol. The van der Waals surface area contributed by atoms with Gasteiger partial charge in [0.1, 0.15) is 5.54 Å². The van der Waals surface area contributed by atoms with E-state index in [-0.39, 0.29) is 12.4 Å². The Morgan fingerprint density at radius 1 is 1.53 bits per heavy atom. The minimum atomic E-state index is -0.957. The van der Waals surface area contributed by atoms with Gasteiger partial charge in [0, 0.05) is 0 Å². The van der Waals surface area contributed by atoms with E-state index in [2.05, 4.69) is 6.92 Å². The van der Waals surface area contributed by atoms with Crippen molar-refractivity contribution in [3.8, 4) is 0 Å². The van der Waals surface area contributed by atoms with Gasteiger partial charge in [0.15, 0.2) is 0 Å². The maximum Gasteiger partial charge on any atom is 0.323 e. The number of hydrogen-bond acceptors (Lipinski definition) is 2. The van der Waals surface area contributed by atoms with Crippen molar-refractivity contribution in [3.63, 3.8) is 0 Å². The second kappa shape index (κ2) is 6.33. The molecule has 1 aliphatic rings. The summed E-state index contributed by atoms with van der Waals surface area (Å²) in [6.45, 7) is 2.06. The number of unbranched alkanes of at least 4 members (excludes halogenated alkanes) is 1. The lowest BCUT2D eigenvalue weighted by atomic mass is 9.74. The van der Waals surface area contributed by atoms with E-state index in [4.69, 9.17) is 10.8 Å². The molecule has 0 aromatic rings. The molecule has 0 spiro atoms. The Labute approximate surface area is 97.8 Å². The van der Waals surface area contributed by atoms with Crippen molar-refractivity contribution < 1.29 is 9.90 Å². The van der Waals surface area contributed by atoms with Gasteiger partial charge in [-0.25, -0.2) is 0 Å². The van der Waals surface area contributed by atoms with E-state index in [0.717, 1.165) is 12.8 Å². The number of carbonyl (C=O) groups is 1. The smallest absolute Gasteiger partial charge is 0.323 e. The van der Waals surface area contributed by atoms with E-state index in [1.807, 2.05) is 0 Å². The third kappa shape index (κ3) is 3.99. The van der Waals surface area contributed by atoms with Crippen LogP contribution in [0.2, 0.25) is 0 Å². The molecule has 4 heteroatoms. The van der Waals surface area contributed by atoms with Gasteiger partial charge in [-0.05, 0) is 18.8 Å². The Morgan fingerprint density at radius 3 is 2.47 bits per heavy atom. The zero-order chi connectivity index (χ0) is 10.6. The fourth-order valence-corrected chi connectivity index (χ4v) is 2.00. The summed E-state index contributed by atoms with van der Waals surface area (Å²) < 4.78 is 0. The second-order valence-electron chi connectivity index (χ2n) is 4.57. The van der Waals surface area contributed by atoms with E-state index in [1.165, 1.54) is 19.3 Å². The summed E-state index contributed by atoms with van der Waals surface area (Å²) in [5.74, 6) is -0.259. The second-order valence-corrected chi connectivity index (χ2v) is 4.57. The fraction of sp³-hybridized carbons (Fsp3) is 0.909. The van der Waals surface area contributed by atoms with Crippen molar-refractivity contribution in [3.05, 3.63) is 0 Å². The molecule has 1 aliphatic carbocycles. The molecule has 0 unspecified atom stereocenters. The molecule has 0 radical (unpaired) electrons. The molecule has 90 valence electrons. The highest BCUT2D eigenvalue weighted by molar-refractivity contribution is 5.85. The van der Waals surface area contributed by atoms with Crippen molar-refractivity contribution in [1.82, 2.24) is 0 Å². The first kappa shape index (κ1) is 14.7. The molecule has 3 N–H and O–H groups in total. The molecular formula is C11H22ClNO2. The van der Waals surface area contributed by atoms with E-state index >= 15 is 0 Å². The molecule has 1 rings (SSSR count). The summed E-state index contributed by atoms with van der Waals surface area (Å²) in [5, 5.41) is 9.10.